The molecule has 0 spiro atoms. The first-order valence-electron chi connectivity index (χ1n) is 4.38. The zero-order valence-electron chi connectivity index (χ0n) is 8.32. The predicted octanol–water partition coefficient (Wildman–Crippen LogP) is 1.11. The molecule has 1 rings (SSSR count). The number of carbonyl (C=O) groups excluding carboxylic acids is 2. The lowest BCUT2D eigenvalue weighted by Gasteiger charge is -2.22. The molecule has 1 aliphatic rings. The molecule has 14 heavy (non-hydrogen) atoms. The second-order valence-corrected chi connectivity index (χ2v) is 3.46. The summed E-state index contributed by atoms with van der Waals surface area (Å²) >= 11 is 0. The first-order valence-corrected chi connectivity index (χ1v) is 4.38. The van der Waals surface area contributed by atoms with Gasteiger partial charge in [0.2, 0.25) is 0 Å². The van der Waals surface area contributed by atoms with E-state index in [0.717, 1.165) is 0 Å². The van der Waals surface area contributed by atoms with Gasteiger partial charge < -0.3 is 4.74 Å². The number of Topliss-reactive ketones (excluding diaryl/α,β-unsaturated/α-hetero) is 1. The fourth-order valence-electron chi connectivity index (χ4n) is 1.21. The molecular formula is C10H13NO3. The molecule has 0 amide bonds. The maximum Gasteiger partial charge on any atom is 0.313 e. The minimum atomic E-state index is -0.650. The molecule has 0 fully saturated rings. The number of rotatable bonds is 3. The molecule has 0 aliphatic carbocycles. The van der Waals surface area contributed by atoms with Crippen LogP contribution in [-0.4, -0.2) is 25.1 Å². The average molecular weight is 195 g/mol. The van der Waals surface area contributed by atoms with Crippen LogP contribution in [0.5, 0.6) is 0 Å². The van der Waals surface area contributed by atoms with Gasteiger partial charge in [0, 0.05) is 12.4 Å². The molecule has 0 radical (unpaired) electrons. The van der Waals surface area contributed by atoms with Crippen molar-refractivity contribution in [3.63, 3.8) is 0 Å². The Hall–Kier alpha value is -1.45. The first kappa shape index (κ1) is 10.6. The van der Waals surface area contributed by atoms with E-state index in [2.05, 4.69) is 9.73 Å². The monoisotopic (exact) mass is 195 g/mol. The molecule has 1 aliphatic heterocycles. The van der Waals surface area contributed by atoms with Gasteiger partial charge in [0.25, 0.3) is 0 Å². The minimum Gasteiger partial charge on any atom is -0.469 e. The van der Waals surface area contributed by atoms with Crippen molar-refractivity contribution in [3.05, 3.63) is 12.3 Å². The van der Waals surface area contributed by atoms with Crippen LogP contribution in [0.15, 0.2) is 17.3 Å². The van der Waals surface area contributed by atoms with E-state index in [0.29, 0.717) is 6.42 Å². The molecule has 4 heteroatoms. The minimum absolute atomic E-state index is 0.155. The van der Waals surface area contributed by atoms with Crippen molar-refractivity contribution in [2.75, 3.05) is 7.11 Å². The van der Waals surface area contributed by atoms with Crippen LogP contribution in [0.2, 0.25) is 0 Å². The van der Waals surface area contributed by atoms with Crippen LogP contribution in [0.25, 0.3) is 0 Å². The molecule has 0 N–H and O–H groups in total. The van der Waals surface area contributed by atoms with E-state index in [-0.39, 0.29) is 12.2 Å². The Morgan fingerprint density at radius 3 is 2.79 bits per heavy atom. The maximum absolute atomic E-state index is 11.7. The smallest absolute Gasteiger partial charge is 0.313 e. The van der Waals surface area contributed by atoms with Crippen molar-refractivity contribution in [1.29, 1.82) is 0 Å². The Balaban J connectivity index is 2.64. The van der Waals surface area contributed by atoms with Gasteiger partial charge >= 0.3 is 5.97 Å². The summed E-state index contributed by atoms with van der Waals surface area (Å²) in [6, 6.07) is 0. The van der Waals surface area contributed by atoms with Gasteiger partial charge in [-0.15, -0.1) is 0 Å². The van der Waals surface area contributed by atoms with E-state index in [9.17, 15) is 9.59 Å². The molecule has 0 aromatic rings. The van der Waals surface area contributed by atoms with Crippen molar-refractivity contribution in [2.45, 2.75) is 19.8 Å². The van der Waals surface area contributed by atoms with Crippen molar-refractivity contribution in [1.82, 2.24) is 0 Å². The van der Waals surface area contributed by atoms with E-state index in [4.69, 9.17) is 0 Å². The van der Waals surface area contributed by atoms with Gasteiger partial charge in [-0.3, -0.25) is 14.6 Å². The highest BCUT2D eigenvalue weighted by atomic mass is 16.5. The molecule has 76 valence electrons. The number of nitrogens with zero attached hydrogens (tertiary/aromatic N) is 1. The van der Waals surface area contributed by atoms with Crippen LogP contribution in [0.4, 0.5) is 0 Å². The van der Waals surface area contributed by atoms with E-state index in [1.807, 2.05) is 6.08 Å². The average Bonchev–Trinajstić information content (AvgIpc) is 2.18. The van der Waals surface area contributed by atoms with Gasteiger partial charge in [-0.05, 0) is 13.3 Å². The quantitative estimate of drug-likeness (QED) is 0.500. The van der Waals surface area contributed by atoms with Crippen LogP contribution in [0.1, 0.15) is 19.8 Å². The predicted molar refractivity (Wildman–Crippen MR) is 52.0 cm³/mol. The highest BCUT2D eigenvalue weighted by Gasteiger charge is 2.32. The van der Waals surface area contributed by atoms with E-state index in [1.165, 1.54) is 7.11 Å². The molecule has 0 saturated carbocycles. The highest BCUT2D eigenvalue weighted by Crippen LogP contribution is 2.25. The summed E-state index contributed by atoms with van der Waals surface area (Å²) in [6.07, 6.45) is 5.44. The Kier molecular flexibility index (Phi) is 3.17. The molecule has 0 bridgehead atoms. The molecular weight excluding hydrogens is 182 g/mol. The van der Waals surface area contributed by atoms with Crippen LogP contribution >= 0.6 is 0 Å². The molecule has 1 unspecified atom stereocenters. The van der Waals surface area contributed by atoms with Gasteiger partial charge in [0.1, 0.15) is 6.42 Å². The van der Waals surface area contributed by atoms with Gasteiger partial charge in [0.15, 0.2) is 5.78 Å². The summed E-state index contributed by atoms with van der Waals surface area (Å²) in [5, 5.41) is 0. The highest BCUT2D eigenvalue weighted by molar-refractivity contribution is 6.07. The van der Waals surface area contributed by atoms with Crippen LogP contribution in [0, 0.1) is 5.41 Å². The molecule has 4 nitrogen and oxygen atoms in total. The summed E-state index contributed by atoms with van der Waals surface area (Å²) < 4.78 is 4.43. The van der Waals surface area contributed by atoms with E-state index >= 15 is 0 Å². The zero-order valence-corrected chi connectivity index (χ0v) is 8.32. The fourth-order valence-corrected chi connectivity index (χ4v) is 1.21. The molecule has 1 atom stereocenters. The number of methoxy groups -OCH3 is 1. The van der Waals surface area contributed by atoms with Gasteiger partial charge in [-0.25, -0.2) is 0 Å². The number of ether oxygens (including phenoxy) is 1. The van der Waals surface area contributed by atoms with Gasteiger partial charge in [-0.2, -0.15) is 0 Å². The number of hydrogen-bond acceptors (Lipinski definition) is 4. The van der Waals surface area contributed by atoms with Crippen LogP contribution in [0.3, 0.4) is 0 Å². The number of esters is 1. The maximum atomic E-state index is 11.7. The lowest BCUT2D eigenvalue weighted by molar-refractivity contribution is -0.144. The van der Waals surface area contributed by atoms with Crippen LogP contribution < -0.4 is 0 Å². The van der Waals surface area contributed by atoms with Gasteiger partial charge in [0.05, 0.1) is 12.5 Å². The molecule has 1 heterocycles. The molecule has 0 aromatic heterocycles. The summed E-state index contributed by atoms with van der Waals surface area (Å²) in [6.45, 7) is 1.77. The molecule has 0 saturated heterocycles. The number of hydrogen-bond donors (Lipinski definition) is 0. The van der Waals surface area contributed by atoms with Crippen LogP contribution in [-0.2, 0) is 14.3 Å². The number of carbonyl (C=O) groups is 2. The summed E-state index contributed by atoms with van der Waals surface area (Å²) in [5.74, 6) is -0.656. The third kappa shape index (κ3) is 2.28. The van der Waals surface area contributed by atoms with Gasteiger partial charge in [-0.1, -0.05) is 6.08 Å². The van der Waals surface area contributed by atoms with E-state index < -0.39 is 11.4 Å². The Labute approximate surface area is 82.7 Å². The number of ketones is 1. The molecule has 0 aromatic carbocycles. The number of allylic oxidation sites excluding steroid dienone is 1. The van der Waals surface area contributed by atoms with Crippen molar-refractivity contribution in [3.8, 4) is 0 Å². The second kappa shape index (κ2) is 4.17. The van der Waals surface area contributed by atoms with E-state index in [1.54, 1.807) is 19.3 Å². The fraction of sp³-hybridized carbons (Fsp3) is 0.500. The summed E-state index contributed by atoms with van der Waals surface area (Å²) in [5.41, 5.74) is -0.650. The van der Waals surface area contributed by atoms with Crippen molar-refractivity contribution < 1.29 is 14.3 Å². The third-order valence-electron chi connectivity index (χ3n) is 2.26. The topological polar surface area (TPSA) is 55.7 Å². The lowest BCUT2D eigenvalue weighted by atomic mass is 9.81. The third-order valence-corrected chi connectivity index (χ3v) is 2.26. The summed E-state index contributed by atoms with van der Waals surface area (Å²) in [7, 11) is 1.27. The Morgan fingerprint density at radius 1 is 1.57 bits per heavy atom. The summed E-state index contributed by atoms with van der Waals surface area (Å²) in [4.78, 5) is 26.5. The lowest BCUT2D eigenvalue weighted by Crippen LogP contribution is -2.31. The standard InChI is InChI=1S/C10H13NO3/c1-10(4-3-5-11-7-10)8(12)6-9(13)14-2/h3,5,7H,4,6H2,1-2H3. The Morgan fingerprint density at radius 2 is 2.29 bits per heavy atom. The first-order chi connectivity index (χ1) is 6.58. The van der Waals surface area contributed by atoms with Crippen molar-refractivity contribution >= 4 is 18.0 Å². The second-order valence-electron chi connectivity index (χ2n) is 3.46. The Bertz CT molecular complexity index is 306. The number of aliphatic imine (C=N–C) groups is 1. The zero-order chi connectivity index (χ0) is 10.6. The largest absolute Gasteiger partial charge is 0.469 e. The van der Waals surface area contributed by atoms with Crippen molar-refractivity contribution in [2.24, 2.45) is 10.4 Å². The SMILES string of the molecule is COC(=O)CC(=O)C1(C)C=NC=CC1. The normalized spacial score (nSPS) is 24.7.